The van der Waals surface area contributed by atoms with Crippen LogP contribution in [0.3, 0.4) is 0 Å². The van der Waals surface area contributed by atoms with Crippen LogP contribution in [0.15, 0.2) is 121 Å². The molecule has 19 nitrogen and oxygen atoms in total. The number of hydrogen-bond donors (Lipinski definition) is 4. The van der Waals surface area contributed by atoms with Gasteiger partial charge in [-0.25, -0.2) is 28.4 Å². The van der Waals surface area contributed by atoms with E-state index in [1.54, 1.807) is 48.0 Å². The second kappa shape index (κ2) is 23.8. The number of carbonyl (C=O) groups excluding carboxylic acids is 3. The van der Waals surface area contributed by atoms with Gasteiger partial charge in [0.1, 0.15) is 34.1 Å². The predicted octanol–water partition coefficient (Wildman–Crippen LogP) is 11.2. The van der Waals surface area contributed by atoms with E-state index in [1.165, 1.54) is 19.2 Å². The molecule has 2 amide bonds. The van der Waals surface area contributed by atoms with Gasteiger partial charge >= 0.3 is 17.9 Å². The second-order valence-corrected chi connectivity index (χ2v) is 20.5. The fourth-order valence-electron chi connectivity index (χ4n) is 9.94. The summed E-state index contributed by atoms with van der Waals surface area (Å²) in [4.78, 5) is 66.6. The minimum atomic E-state index is -0.980. The van der Waals surface area contributed by atoms with Crippen LogP contribution in [0.4, 0.5) is 34.5 Å². The van der Waals surface area contributed by atoms with Crippen LogP contribution in [0.1, 0.15) is 106 Å². The lowest BCUT2D eigenvalue weighted by molar-refractivity contribution is 0.0598. The van der Waals surface area contributed by atoms with Crippen molar-refractivity contribution in [2.45, 2.75) is 66.3 Å². The van der Waals surface area contributed by atoms with Crippen LogP contribution < -0.4 is 25.3 Å². The highest BCUT2D eigenvalue weighted by atomic mass is 35.5. The number of hydrogen-bond acceptors (Lipinski definition) is 12. The Morgan fingerprint density at radius 2 is 0.775 bits per heavy atom. The Kier molecular flexibility index (Phi) is 16.7. The molecule has 0 saturated carbocycles. The number of halogens is 3. The zero-order valence-electron chi connectivity index (χ0n) is 44.4. The number of amides is 2. The number of fused-ring (bicyclic) bond motifs is 3. The average Bonchev–Trinajstić information content (AvgIpc) is 4.47. The van der Waals surface area contributed by atoms with Crippen molar-refractivity contribution in [2.24, 2.45) is 0 Å². The summed E-state index contributed by atoms with van der Waals surface area (Å²) < 4.78 is 10.2. The smallest absolute Gasteiger partial charge is 0.341 e. The van der Waals surface area contributed by atoms with E-state index in [0.29, 0.717) is 80.8 Å². The Hall–Kier alpha value is -8.65. The molecule has 3 aliphatic heterocycles. The molecular formula is C58H56Cl3N11O8. The Morgan fingerprint density at radius 1 is 0.463 bits per heavy atom. The second-order valence-electron chi connectivity index (χ2n) is 19.1. The molecule has 11 rings (SSSR count). The maximum Gasteiger partial charge on any atom is 0.341 e. The molecule has 0 spiro atoms. The quantitative estimate of drug-likeness (QED) is 0.0836. The number of ether oxygens (including phenoxy) is 1. The number of anilines is 6. The predicted molar refractivity (Wildman–Crippen MR) is 306 cm³/mol. The minimum Gasteiger partial charge on any atom is -0.478 e. The lowest BCUT2D eigenvalue weighted by atomic mass is 10.1. The molecule has 3 aromatic heterocycles. The Bertz CT molecular complexity index is 3620. The first-order valence-corrected chi connectivity index (χ1v) is 26.6. The number of carbonyl (C=O) groups is 5. The van der Waals surface area contributed by atoms with E-state index in [-0.39, 0.29) is 35.0 Å². The first-order chi connectivity index (χ1) is 38.3. The molecule has 2 atom stereocenters. The highest BCUT2D eigenvalue weighted by Gasteiger charge is 2.34. The van der Waals surface area contributed by atoms with Crippen molar-refractivity contribution in [1.82, 2.24) is 40.0 Å². The number of aromatic nitrogens is 6. The SMILES string of the molecule is COC(=O)c1ccc([C@H](C)NC(=O)c2c(C)nn3c2N(c2ccc(Cl)cc2)CC3)cc1.Cc1nn2c(c1C(=O)N[C@@H](C)c1ccc(C(=O)O)cc1)N(c1ccc(Cl)cc1)CC2.Cc1nn2c(c1C(=O)O)N(c1ccc(Cl)cc1)CC2. The summed E-state index contributed by atoms with van der Waals surface area (Å²) in [7, 11) is 1.35. The molecule has 0 bridgehead atoms. The topological polar surface area (TPSA) is 222 Å². The van der Waals surface area contributed by atoms with Gasteiger partial charge in [-0.05, 0) is 143 Å². The summed E-state index contributed by atoms with van der Waals surface area (Å²) in [5, 5.41) is 39.8. The van der Waals surface area contributed by atoms with Crippen LogP contribution in [0.2, 0.25) is 15.1 Å². The third kappa shape index (κ3) is 11.7. The van der Waals surface area contributed by atoms with Crippen LogP contribution in [0.25, 0.3) is 0 Å². The summed E-state index contributed by atoms with van der Waals surface area (Å²) in [5.41, 5.74) is 8.47. The number of aromatic carboxylic acids is 2. The molecule has 412 valence electrons. The van der Waals surface area contributed by atoms with E-state index in [2.05, 4.69) is 35.7 Å². The van der Waals surface area contributed by atoms with Crippen molar-refractivity contribution in [2.75, 3.05) is 41.4 Å². The van der Waals surface area contributed by atoms with E-state index in [9.17, 15) is 29.1 Å². The maximum absolute atomic E-state index is 13.2. The number of methoxy groups -OCH3 is 1. The fraction of sp³-hybridized carbons (Fsp3) is 0.241. The number of aryl methyl sites for hydroxylation is 3. The number of esters is 1. The molecule has 0 radical (unpaired) electrons. The zero-order valence-corrected chi connectivity index (χ0v) is 46.7. The Balaban J connectivity index is 0.000000149. The van der Waals surface area contributed by atoms with Gasteiger partial charge in [-0.3, -0.25) is 9.59 Å². The van der Waals surface area contributed by atoms with E-state index in [4.69, 9.17) is 44.6 Å². The van der Waals surface area contributed by atoms with Crippen molar-refractivity contribution < 1.29 is 38.9 Å². The van der Waals surface area contributed by atoms with Gasteiger partial charge in [-0.1, -0.05) is 59.1 Å². The van der Waals surface area contributed by atoms with Gasteiger partial charge in [0, 0.05) is 51.8 Å². The highest BCUT2D eigenvalue weighted by Crippen LogP contribution is 2.38. The summed E-state index contributed by atoms with van der Waals surface area (Å²) in [6.45, 7) is 13.4. The van der Waals surface area contributed by atoms with Crippen molar-refractivity contribution in [3.05, 3.63) is 192 Å². The largest absolute Gasteiger partial charge is 0.478 e. The number of carboxylic acids is 2. The van der Waals surface area contributed by atoms with E-state index < -0.39 is 17.9 Å². The van der Waals surface area contributed by atoms with Gasteiger partial charge in [-0.2, -0.15) is 15.3 Å². The van der Waals surface area contributed by atoms with Crippen molar-refractivity contribution in [3.8, 4) is 0 Å². The van der Waals surface area contributed by atoms with Gasteiger partial charge in [0.2, 0.25) is 0 Å². The van der Waals surface area contributed by atoms with Crippen LogP contribution in [-0.2, 0) is 24.4 Å². The molecule has 6 heterocycles. The third-order valence-electron chi connectivity index (χ3n) is 13.9. The monoisotopic (exact) mass is 1140 g/mol. The van der Waals surface area contributed by atoms with Crippen molar-refractivity contribution in [1.29, 1.82) is 0 Å². The molecular weight excluding hydrogens is 1090 g/mol. The summed E-state index contributed by atoms with van der Waals surface area (Å²) >= 11 is 17.9. The fourth-order valence-corrected chi connectivity index (χ4v) is 10.3. The van der Waals surface area contributed by atoms with Gasteiger partial charge in [0.05, 0.1) is 67.0 Å². The molecule has 3 aliphatic rings. The minimum absolute atomic E-state index is 0.191. The van der Waals surface area contributed by atoms with Gasteiger partial charge < -0.3 is 40.3 Å². The number of rotatable bonds is 12. The highest BCUT2D eigenvalue weighted by molar-refractivity contribution is 6.31. The molecule has 8 aromatic rings. The van der Waals surface area contributed by atoms with Crippen LogP contribution in [0.5, 0.6) is 0 Å². The van der Waals surface area contributed by atoms with Gasteiger partial charge in [0.25, 0.3) is 11.8 Å². The zero-order chi connectivity index (χ0) is 57.1. The Morgan fingerprint density at radius 3 is 1.09 bits per heavy atom. The third-order valence-corrected chi connectivity index (χ3v) is 14.7. The molecule has 0 aliphatic carbocycles. The van der Waals surface area contributed by atoms with Crippen molar-refractivity contribution >= 4 is 99.0 Å². The standard InChI is InChI=1S/C23H23ClN4O3.C22H21ClN4O3.C13H12ClN3O2/c1-14(16-4-6-17(7-5-16)23(30)31-3)25-21(29)20-15(2)26-28-13-12-27(22(20)28)19-10-8-18(24)9-11-19;1-13(15-3-5-16(6-4-15)22(29)30)24-20(28)19-14(2)25-27-12-11-26(21(19)27)18-9-7-17(23)8-10-18;1-8-11(13(18)19)12-16(6-7-17(12)15-8)10-4-2-9(14)3-5-10/h4-11,14H,12-13H2,1-3H3,(H,25,29);3-10,13H,11-12H2,1-2H3,(H,24,28)(H,29,30);2-5H,6-7H2,1H3,(H,18,19)/t14-;13-;/m00./s1. The molecule has 4 N–H and O–H groups in total. The number of carboxylic acid groups (broad SMARTS) is 2. The molecule has 80 heavy (non-hydrogen) atoms. The molecule has 0 saturated heterocycles. The lowest BCUT2D eigenvalue weighted by Gasteiger charge is -2.20. The molecule has 0 fully saturated rings. The average molecular weight is 1140 g/mol. The van der Waals surface area contributed by atoms with Gasteiger partial charge in [-0.15, -0.1) is 0 Å². The summed E-state index contributed by atoms with van der Waals surface area (Å²) in [6.07, 6.45) is 0. The molecule has 0 unspecified atom stereocenters. The van der Waals surface area contributed by atoms with Crippen LogP contribution in [-0.4, -0.2) is 96.0 Å². The first kappa shape index (κ1) is 56.1. The first-order valence-electron chi connectivity index (χ1n) is 25.5. The Labute approximate surface area is 475 Å². The van der Waals surface area contributed by atoms with E-state index >= 15 is 0 Å². The summed E-state index contributed by atoms with van der Waals surface area (Å²) in [5.74, 6) is -0.532. The van der Waals surface area contributed by atoms with Crippen LogP contribution in [0, 0.1) is 20.8 Å². The van der Waals surface area contributed by atoms with Crippen LogP contribution >= 0.6 is 34.8 Å². The van der Waals surface area contributed by atoms with E-state index in [1.807, 2.05) is 115 Å². The molecule has 22 heteroatoms. The molecule has 5 aromatic carbocycles. The normalized spacial score (nSPS) is 13.7. The van der Waals surface area contributed by atoms with Gasteiger partial charge in [0.15, 0.2) is 0 Å². The summed E-state index contributed by atoms with van der Waals surface area (Å²) in [6, 6.07) is 35.4. The number of benzene rings is 5. The number of nitrogens with zero attached hydrogens (tertiary/aromatic N) is 9. The van der Waals surface area contributed by atoms with Crippen molar-refractivity contribution in [3.63, 3.8) is 0 Å². The van der Waals surface area contributed by atoms with E-state index in [0.717, 1.165) is 52.9 Å². The number of nitrogens with one attached hydrogen (secondary N) is 2. The lowest BCUT2D eigenvalue weighted by Crippen LogP contribution is -2.28. The maximum atomic E-state index is 13.2.